The molecule has 4 nitrogen and oxygen atoms in total. The van der Waals surface area contributed by atoms with Crippen molar-refractivity contribution in [2.45, 2.75) is 32.7 Å². The number of nitrogens with one attached hydrogen (secondary N) is 1. The lowest BCUT2D eigenvalue weighted by Gasteiger charge is -2.08. The average molecular weight is 381 g/mol. The summed E-state index contributed by atoms with van der Waals surface area (Å²) in [6, 6.07) is 18.2. The number of benzene rings is 2. The van der Waals surface area contributed by atoms with E-state index in [1.807, 2.05) is 37.3 Å². The molecule has 27 heavy (non-hydrogen) atoms. The lowest BCUT2D eigenvalue weighted by molar-refractivity contribution is -0.121. The molecule has 0 aliphatic heterocycles. The van der Waals surface area contributed by atoms with E-state index in [9.17, 15) is 4.79 Å². The highest BCUT2D eigenvalue weighted by molar-refractivity contribution is 7.11. The molecule has 0 bridgehead atoms. The van der Waals surface area contributed by atoms with Gasteiger partial charge in [0.1, 0.15) is 10.8 Å². The Kier molecular flexibility index (Phi) is 6.60. The van der Waals surface area contributed by atoms with Crippen molar-refractivity contribution in [2.24, 2.45) is 0 Å². The number of carbonyl (C=O) groups is 1. The SMILES string of the molecule is COc1ccccc1CCC(=O)NCc1nc(C)c(Cc2ccccc2)s1. The first-order valence-corrected chi connectivity index (χ1v) is 9.85. The predicted molar refractivity (Wildman–Crippen MR) is 109 cm³/mol. The molecule has 1 heterocycles. The van der Waals surface area contributed by atoms with E-state index in [0.29, 0.717) is 19.4 Å². The van der Waals surface area contributed by atoms with Crippen LogP contribution >= 0.6 is 11.3 Å². The van der Waals surface area contributed by atoms with Crippen LogP contribution in [-0.2, 0) is 24.2 Å². The van der Waals surface area contributed by atoms with Crippen molar-refractivity contribution in [1.29, 1.82) is 0 Å². The normalized spacial score (nSPS) is 10.6. The number of ether oxygens (including phenoxy) is 1. The number of amides is 1. The topological polar surface area (TPSA) is 51.2 Å². The van der Waals surface area contributed by atoms with Gasteiger partial charge in [0.25, 0.3) is 0 Å². The average Bonchev–Trinajstić information content (AvgIpc) is 3.05. The van der Waals surface area contributed by atoms with Crippen LogP contribution in [0.1, 0.15) is 33.1 Å². The number of thiazole rings is 1. The van der Waals surface area contributed by atoms with Crippen LogP contribution in [0.3, 0.4) is 0 Å². The van der Waals surface area contributed by atoms with Crippen molar-refractivity contribution in [1.82, 2.24) is 10.3 Å². The minimum Gasteiger partial charge on any atom is -0.496 e. The Morgan fingerprint density at radius 2 is 1.85 bits per heavy atom. The van der Waals surface area contributed by atoms with Gasteiger partial charge in [-0.25, -0.2) is 4.98 Å². The van der Waals surface area contributed by atoms with Gasteiger partial charge in [-0.1, -0.05) is 48.5 Å². The maximum absolute atomic E-state index is 12.2. The van der Waals surface area contributed by atoms with Crippen molar-refractivity contribution in [3.63, 3.8) is 0 Å². The summed E-state index contributed by atoms with van der Waals surface area (Å²) in [5.74, 6) is 0.852. The molecule has 3 aromatic rings. The third-order valence-electron chi connectivity index (χ3n) is 4.40. The summed E-state index contributed by atoms with van der Waals surface area (Å²) >= 11 is 1.67. The number of methoxy groups -OCH3 is 1. The molecule has 0 atom stereocenters. The minimum atomic E-state index is 0.0263. The zero-order chi connectivity index (χ0) is 19.1. The zero-order valence-electron chi connectivity index (χ0n) is 15.7. The minimum absolute atomic E-state index is 0.0263. The third-order valence-corrected chi connectivity index (χ3v) is 5.55. The van der Waals surface area contributed by atoms with Crippen molar-refractivity contribution in [2.75, 3.05) is 7.11 Å². The Morgan fingerprint density at radius 1 is 1.11 bits per heavy atom. The van der Waals surface area contributed by atoms with E-state index in [4.69, 9.17) is 4.74 Å². The van der Waals surface area contributed by atoms with Gasteiger partial charge in [-0.3, -0.25) is 4.79 Å². The molecular formula is C22H24N2O2S. The lowest BCUT2D eigenvalue weighted by Crippen LogP contribution is -2.23. The summed E-state index contributed by atoms with van der Waals surface area (Å²) in [6.45, 7) is 2.51. The molecule has 5 heteroatoms. The second kappa shape index (κ2) is 9.33. The standard InChI is InChI=1S/C22H24N2O2S/c1-16-20(14-17-8-4-3-5-9-17)27-22(24-16)15-23-21(25)13-12-18-10-6-7-11-19(18)26-2/h3-11H,12-15H2,1-2H3,(H,23,25). The van der Waals surface area contributed by atoms with Gasteiger partial charge in [-0.2, -0.15) is 0 Å². The van der Waals surface area contributed by atoms with Gasteiger partial charge in [0.2, 0.25) is 5.91 Å². The van der Waals surface area contributed by atoms with Gasteiger partial charge in [-0.15, -0.1) is 11.3 Å². The van der Waals surface area contributed by atoms with Gasteiger partial charge >= 0.3 is 0 Å². The number of nitrogens with zero attached hydrogens (tertiary/aromatic N) is 1. The van der Waals surface area contributed by atoms with Gasteiger partial charge in [-0.05, 0) is 30.5 Å². The number of aryl methyl sites for hydroxylation is 2. The van der Waals surface area contributed by atoms with Gasteiger partial charge in [0.15, 0.2) is 0 Å². The molecule has 0 aliphatic rings. The number of carbonyl (C=O) groups excluding carboxylic acids is 1. The van der Waals surface area contributed by atoms with Crippen molar-refractivity contribution < 1.29 is 9.53 Å². The molecule has 0 fully saturated rings. The number of hydrogen-bond acceptors (Lipinski definition) is 4. The van der Waals surface area contributed by atoms with Crippen LogP contribution in [0.15, 0.2) is 54.6 Å². The molecule has 1 N–H and O–H groups in total. The summed E-state index contributed by atoms with van der Waals surface area (Å²) in [4.78, 5) is 18.1. The molecule has 0 saturated carbocycles. The molecule has 1 aromatic heterocycles. The number of hydrogen-bond donors (Lipinski definition) is 1. The van der Waals surface area contributed by atoms with Crippen molar-refractivity contribution >= 4 is 17.2 Å². The van der Waals surface area contributed by atoms with Gasteiger partial charge < -0.3 is 10.1 Å². The highest BCUT2D eigenvalue weighted by Crippen LogP contribution is 2.22. The quantitative estimate of drug-likeness (QED) is 0.634. The van der Waals surface area contributed by atoms with Crippen LogP contribution in [0.4, 0.5) is 0 Å². The monoisotopic (exact) mass is 380 g/mol. The highest BCUT2D eigenvalue weighted by atomic mass is 32.1. The molecule has 140 valence electrons. The van der Waals surface area contributed by atoms with E-state index < -0.39 is 0 Å². The fraction of sp³-hybridized carbons (Fsp3) is 0.273. The first-order valence-electron chi connectivity index (χ1n) is 9.03. The molecule has 0 unspecified atom stereocenters. The highest BCUT2D eigenvalue weighted by Gasteiger charge is 2.10. The second-order valence-electron chi connectivity index (χ2n) is 6.37. The van der Waals surface area contributed by atoms with Crippen molar-refractivity contribution in [3.05, 3.63) is 81.3 Å². The van der Waals surface area contributed by atoms with E-state index in [0.717, 1.165) is 28.4 Å². The van der Waals surface area contributed by atoms with Gasteiger partial charge in [0, 0.05) is 17.7 Å². The van der Waals surface area contributed by atoms with Crippen LogP contribution in [0, 0.1) is 6.92 Å². The molecule has 0 spiro atoms. The molecule has 2 aromatic carbocycles. The van der Waals surface area contributed by atoms with Crippen LogP contribution in [0.2, 0.25) is 0 Å². The second-order valence-corrected chi connectivity index (χ2v) is 7.54. The van der Waals surface area contributed by atoms with E-state index in [1.54, 1.807) is 18.4 Å². The van der Waals surface area contributed by atoms with Crippen LogP contribution in [-0.4, -0.2) is 18.0 Å². The smallest absolute Gasteiger partial charge is 0.220 e. The van der Waals surface area contributed by atoms with Crippen LogP contribution in [0.25, 0.3) is 0 Å². The fourth-order valence-electron chi connectivity index (χ4n) is 2.93. The Labute approximate surface area is 164 Å². The zero-order valence-corrected chi connectivity index (χ0v) is 16.5. The Bertz CT molecular complexity index is 890. The fourth-order valence-corrected chi connectivity index (χ4v) is 3.97. The predicted octanol–water partition coefficient (Wildman–Crippen LogP) is 4.30. The molecule has 0 radical (unpaired) electrons. The van der Waals surface area contributed by atoms with Gasteiger partial charge in [0.05, 0.1) is 19.3 Å². The van der Waals surface area contributed by atoms with Crippen LogP contribution < -0.4 is 10.1 Å². The van der Waals surface area contributed by atoms with E-state index in [1.165, 1.54) is 10.4 Å². The summed E-state index contributed by atoms with van der Waals surface area (Å²) < 4.78 is 5.33. The molecule has 1 amide bonds. The number of rotatable bonds is 8. The largest absolute Gasteiger partial charge is 0.496 e. The molecule has 0 aliphatic carbocycles. The summed E-state index contributed by atoms with van der Waals surface area (Å²) in [5, 5.41) is 3.93. The number of aromatic nitrogens is 1. The summed E-state index contributed by atoms with van der Waals surface area (Å²) in [5.41, 5.74) is 3.36. The first-order chi connectivity index (χ1) is 13.2. The molecule has 0 saturated heterocycles. The van der Waals surface area contributed by atoms with E-state index in [2.05, 4.69) is 34.6 Å². The number of para-hydroxylation sites is 1. The Hall–Kier alpha value is -2.66. The Morgan fingerprint density at radius 3 is 2.63 bits per heavy atom. The first kappa shape index (κ1) is 19.1. The van der Waals surface area contributed by atoms with E-state index >= 15 is 0 Å². The summed E-state index contributed by atoms with van der Waals surface area (Å²) in [6.07, 6.45) is 1.97. The van der Waals surface area contributed by atoms with E-state index in [-0.39, 0.29) is 5.91 Å². The maximum Gasteiger partial charge on any atom is 0.220 e. The Balaban J connectivity index is 1.51. The lowest BCUT2D eigenvalue weighted by atomic mass is 10.1. The molecule has 3 rings (SSSR count). The maximum atomic E-state index is 12.2. The van der Waals surface area contributed by atoms with Crippen LogP contribution in [0.5, 0.6) is 5.75 Å². The summed E-state index contributed by atoms with van der Waals surface area (Å²) in [7, 11) is 1.65. The van der Waals surface area contributed by atoms with Crippen molar-refractivity contribution in [3.8, 4) is 5.75 Å². The molecular weight excluding hydrogens is 356 g/mol. The third kappa shape index (κ3) is 5.41.